The zero-order valence-corrected chi connectivity index (χ0v) is 13.5. The van der Waals surface area contributed by atoms with Crippen molar-refractivity contribution in [1.82, 2.24) is 0 Å². The number of likely N-dealkylation sites (N-methyl/N-ethyl adjacent to an activating group) is 1. The normalized spacial score (nSPS) is 18.9. The summed E-state index contributed by atoms with van der Waals surface area (Å²) < 4.78 is 29.2. The van der Waals surface area contributed by atoms with E-state index in [0.717, 1.165) is 25.5 Å². The van der Waals surface area contributed by atoms with Crippen molar-refractivity contribution in [2.24, 2.45) is 0 Å². The Kier molecular flexibility index (Phi) is 5.02. The summed E-state index contributed by atoms with van der Waals surface area (Å²) in [5.41, 5.74) is -0.0783. The lowest BCUT2D eigenvalue weighted by Gasteiger charge is -2.28. The molecule has 0 aliphatic carbocycles. The molecule has 1 saturated heterocycles. The minimum absolute atomic E-state index is 0.0141. The first-order chi connectivity index (χ1) is 10.3. The maximum atomic E-state index is 11.8. The van der Waals surface area contributed by atoms with Gasteiger partial charge in [-0.2, -0.15) is 0 Å². The minimum atomic E-state index is -3.67. The third-order valence-electron chi connectivity index (χ3n) is 3.72. The highest BCUT2D eigenvalue weighted by Gasteiger charge is 2.28. The Hall–Kier alpha value is -1.67. The van der Waals surface area contributed by atoms with E-state index in [1.54, 1.807) is 18.0 Å². The van der Waals surface area contributed by atoms with Crippen molar-refractivity contribution >= 4 is 21.2 Å². The average molecular weight is 328 g/mol. The molecule has 0 bridgehead atoms. The van der Waals surface area contributed by atoms with Crippen LogP contribution >= 0.6 is 0 Å². The smallest absolute Gasteiger partial charge is 0.311 e. The second kappa shape index (κ2) is 6.62. The van der Waals surface area contributed by atoms with Crippen molar-refractivity contribution in [3.8, 4) is 0 Å². The molecule has 1 atom stereocenters. The van der Waals surface area contributed by atoms with E-state index in [1.807, 2.05) is 0 Å². The molecule has 0 spiro atoms. The van der Waals surface area contributed by atoms with Crippen LogP contribution in [-0.4, -0.2) is 45.9 Å². The molecular formula is C14H20N2O5S. The molecule has 22 heavy (non-hydrogen) atoms. The average Bonchev–Trinajstić information content (AvgIpc) is 2.46. The number of nitrogens with zero attached hydrogens (tertiary/aromatic N) is 2. The molecule has 1 aliphatic rings. The SMILES string of the molecule is CN(CC1CCCCO1)c1cccc(S(C)(=O)=O)c1[N+](=O)[O-]. The number of para-hydroxylation sites is 1. The molecule has 0 amide bonds. The first-order valence-corrected chi connectivity index (χ1v) is 9.00. The van der Waals surface area contributed by atoms with Gasteiger partial charge < -0.3 is 9.64 Å². The second-order valence-corrected chi connectivity index (χ2v) is 7.51. The summed E-state index contributed by atoms with van der Waals surface area (Å²) in [6.07, 6.45) is 4.00. The van der Waals surface area contributed by atoms with Crippen LogP contribution in [0.15, 0.2) is 23.1 Å². The summed E-state index contributed by atoms with van der Waals surface area (Å²) >= 11 is 0. The van der Waals surface area contributed by atoms with Crippen molar-refractivity contribution in [2.75, 3.05) is 31.4 Å². The van der Waals surface area contributed by atoms with Crippen LogP contribution in [0.4, 0.5) is 11.4 Å². The number of hydrogen-bond donors (Lipinski definition) is 0. The van der Waals surface area contributed by atoms with Gasteiger partial charge in [-0.15, -0.1) is 0 Å². The molecule has 1 heterocycles. The highest BCUT2D eigenvalue weighted by molar-refractivity contribution is 7.90. The Morgan fingerprint density at radius 1 is 1.41 bits per heavy atom. The summed E-state index contributed by atoms with van der Waals surface area (Å²) in [6, 6.07) is 4.36. The number of nitro benzene ring substituents is 1. The number of sulfone groups is 1. The van der Waals surface area contributed by atoms with Gasteiger partial charge in [0.25, 0.3) is 0 Å². The molecule has 0 radical (unpaired) electrons. The topological polar surface area (TPSA) is 89.8 Å². The molecule has 1 aromatic rings. The number of rotatable bonds is 5. The predicted molar refractivity (Wildman–Crippen MR) is 83.1 cm³/mol. The second-order valence-electron chi connectivity index (χ2n) is 5.52. The van der Waals surface area contributed by atoms with Crippen LogP contribution in [0.2, 0.25) is 0 Å². The zero-order valence-electron chi connectivity index (χ0n) is 12.7. The van der Waals surface area contributed by atoms with Gasteiger partial charge in [0.2, 0.25) is 0 Å². The summed E-state index contributed by atoms with van der Waals surface area (Å²) in [6.45, 7) is 1.19. The molecule has 1 unspecified atom stereocenters. The third-order valence-corrected chi connectivity index (χ3v) is 4.85. The monoisotopic (exact) mass is 328 g/mol. The molecule has 0 saturated carbocycles. The van der Waals surface area contributed by atoms with Gasteiger partial charge in [0.15, 0.2) is 9.84 Å². The fourth-order valence-electron chi connectivity index (χ4n) is 2.66. The van der Waals surface area contributed by atoms with E-state index in [4.69, 9.17) is 4.74 Å². The first kappa shape index (κ1) is 16.7. The van der Waals surface area contributed by atoms with E-state index >= 15 is 0 Å². The minimum Gasteiger partial charge on any atom is -0.376 e. The molecule has 1 aliphatic heterocycles. The van der Waals surface area contributed by atoms with E-state index in [2.05, 4.69) is 0 Å². The van der Waals surface area contributed by atoms with E-state index in [9.17, 15) is 18.5 Å². The van der Waals surface area contributed by atoms with Gasteiger partial charge >= 0.3 is 5.69 Å². The van der Waals surface area contributed by atoms with Crippen LogP contribution in [-0.2, 0) is 14.6 Å². The van der Waals surface area contributed by atoms with Crippen LogP contribution in [0.3, 0.4) is 0 Å². The van der Waals surface area contributed by atoms with Gasteiger partial charge in [0, 0.05) is 26.5 Å². The van der Waals surface area contributed by atoms with Crippen molar-refractivity contribution in [3.63, 3.8) is 0 Å². The van der Waals surface area contributed by atoms with Crippen molar-refractivity contribution in [3.05, 3.63) is 28.3 Å². The van der Waals surface area contributed by atoms with Crippen LogP contribution in [0, 0.1) is 10.1 Å². The zero-order chi connectivity index (χ0) is 16.3. The van der Waals surface area contributed by atoms with Gasteiger partial charge in [-0.25, -0.2) is 8.42 Å². The summed E-state index contributed by atoms with van der Waals surface area (Å²) in [4.78, 5) is 12.2. The third kappa shape index (κ3) is 3.75. The highest BCUT2D eigenvalue weighted by Crippen LogP contribution is 2.34. The number of nitro groups is 1. The highest BCUT2D eigenvalue weighted by atomic mass is 32.2. The van der Waals surface area contributed by atoms with Crippen LogP contribution < -0.4 is 4.90 Å². The van der Waals surface area contributed by atoms with Gasteiger partial charge in [-0.1, -0.05) is 6.07 Å². The lowest BCUT2D eigenvalue weighted by Crippen LogP contribution is -2.33. The van der Waals surface area contributed by atoms with Gasteiger partial charge in [0.05, 0.1) is 11.0 Å². The summed E-state index contributed by atoms with van der Waals surface area (Å²) in [7, 11) is -1.95. The molecule has 122 valence electrons. The standard InChI is InChI=1S/C14H20N2O5S/c1-15(10-11-6-3-4-9-21-11)12-7-5-8-13(22(2,19)20)14(12)16(17)18/h5,7-8,11H,3-4,6,9-10H2,1-2H3. The summed E-state index contributed by atoms with van der Waals surface area (Å²) in [5, 5.41) is 11.4. The number of ether oxygens (including phenoxy) is 1. The first-order valence-electron chi connectivity index (χ1n) is 7.11. The molecule has 0 aromatic heterocycles. The lowest BCUT2D eigenvalue weighted by atomic mass is 10.1. The van der Waals surface area contributed by atoms with Crippen molar-refractivity contribution in [1.29, 1.82) is 0 Å². The maximum Gasteiger partial charge on any atom is 0.311 e. The van der Waals surface area contributed by atoms with E-state index < -0.39 is 14.8 Å². The quantitative estimate of drug-likeness (QED) is 0.606. The molecule has 7 nitrogen and oxygen atoms in total. The largest absolute Gasteiger partial charge is 0.376 e. The van der Waals surface area contributed by atoms with Gasteiger partial charge in [0.1, 0.15) is 10.6 Å². The Morgan fingerprint density at radius 2 is 2.14 bits per heavy atom. The Bertz CT molecular complexity index is 653. The molecule has 2 rings (SSSR count). The van der Waals surface area contributed by atoms with Crippen molar-refractivity contribution < 1.29 is 18.1 Å². The lowest BCUT2D eigenvalue weighted by molar-refractivity contribution is -0.387. The molecule has 8 heteroatoms. The van der Waals surface area contributed by atoms with Crippen LogP contribution in [0.5, 0.6) is 0 Å². The van der Waals surface area contributed by atoms with E-state index in [-0.39, 0.29) is 16.7 Å². The molecular weight excluding hydrogens is 308 g/mol. The predicted octanol–water partition coefficient (Wildman–Crippen LogP) is 2.00. The Morgan fingerprint density at radius 3 is 2.68 bits per heavy atom. The maximum absolute atomic E-state index is 11.8. The fourth-order valence-corrected chi connectivity index (χ4v) is 3.51. The van der Waals surface area contributed by atoms with Gasteiger partial charge in [-0.3, -0.25) is 10.1 Å². The summed E-state index contributed by atoms with van der Waals surface area (Å²) in [5.74, 6) is 0. The Labute approximate surface area is 129 Å². The molecule has 1 aromatic carbocycles. The van der Waals surface area contributed by atoms with Crippen molar-refractivity contribution in [2.45, 2.75) is 30.3 Å². The Balaban J connectivity index is 2.35. The van der Waals surface area contributed by atoms with E-state index in [1.165, 1.54) is 12.1 Å². The van der Waals surface area contributed by atoms with Gasteiger partial charge in [-0.05, 0) is 31.4 Å². The number of anilines is 1. The number of benzene rings is 1. The molecule has 0 N–H and O–H groups in total. The number of hydrogen-bond acceptors (Lipinski definition) is 6. The van der Waals surface area contributed by atoms with E-state index in [0.29, 0.717) is 18.8 Å². The molecule has 1 fully saturated rings. The fraction of sp³-hybridized carbons (Fsp3) is 0.571. The van der Waals surface area contributed by atoms with Crippen LogP contribution in [0.25, 0.3) is 0 Å². The van der Waals surface area contributed by atoms with Crippen LogP contribution in [0.1, 0.15) is 19.3 Å².